The highest BCUT2D eigenvalue weighted by Crippen LogP contribution is 2.30. The summed E-state index contributed by atoms with van der Waals surface area (Å²) in [6.07, 6.45) is 0.715. The van der Waals surface area contributed by atoms with Gasteiger partial charge in [-0.25, -0.2) is 9.78 Å². The van der Waals surface area contributed by atoms with Gasteiger partial charge in [0.15, 0.2) is 0 Å². The Hall–Kier alpha value is -4.86. The molecule has 2 amide bonds. The van der Waals surface area contributed by atoms with Gasteiger partial charge in [-0.1, -0.05) is 26.8 Å². The summed E-state index contributed by atoms with van der Waals surface area (Å²) in [7, 11) is -0.727. The second-order valence-corrected chi connectivity index (χ2v) is 12.3. The fraction of sp³-hybridized carbons (Fsp3) is 0.300. The third kappa shape index (κ3) is 11.0. The fourth-order valence-electron chi connectivity index (χ4n) is 3.88. The van der Waals surface area contributed by atoms with Crippen LogP contribution in [0.4, 0.5) is 5.69 Å². The first-order valence-corrected chi connectivity index (χ1v) is 15.1. The van der Waals surface area contributed by atoms with Crippen molar-refractivity contribution in [1.82, 2.24) is 10.3 Å². The molecular formula is C30H37N5O9S. The number of carbonyl (C=O) groups is 3. The number of methoxy groups -OCH3 is 2. The molecule has 45 heavy (non-hydrogen) atoms. The number of aromatic nitrogens is 1. The van der Waals surface area contributed by atoms with Gasteiger partial charge in [-0.15, -0.1) is 0 Å². The Labute approximate surface area is 261 Å². The second-order valence-electron chi connectivity index (χ2n) is 10.8. The van der Waals surface area contributed by atoms with Gasteiger partial charge >= 0.3 is 5.97 Å². The van der Waals surface area contributed by atoms with E-state index in [0.29, 0.717) is 17.5 Å². The number of hydrogen-bond donors (Lipinski definition) is 6. The normalized spacial score (nSPS) is 11.8. The van der Waals surface area contributed by atoms with Crippen molar-refractivity contribution in [3.05, 3.63) is 77.0 Å². The van der Waals surface area contributed by atoms with Crippen molar-refractivity contribution >= 4 is 39.4 Å². The van der Waals surface area contributed by atoms with Crippen LogP contribution in [0.5, 0.6) is 5.88 Å². The van der Waals surface area contributed by atoms with Crippen molar-refractivity contribution in [2.45, 2.75) is 26.8 Å². The Balaban J connectivity index is 0.00000130. The standard InChI is InChI=1S/C29H33N5O6.CH4O3S/c1-29(2,3)22(15-39-4)33-26(35)17-8-11-19(21(14-17)28(37)38)20-12-13-23(40-5)34-24(20)27(36)32-18-9-6-16(7-10-18)25(30)31;1-5(2,3)4/h6-14,22H,15H2,1-5H3,(H3,30,31)(H,32,36)(H,33,35)(H,37,38);1H3,(H,2,3,4). The van der Waals surface area contributed by atoms with E-state index >= 15 is 0 Å². The SMILES string of the molecule is COCC(NC(=O)c1ccc(-c2ccc(OC)nc2C(=O)Nc2ccc(C(=N)N)cc2)c(C(=O)O)c1)C(C)(C)C.CS(=O)(=O)O. The highest BCUT2D eigenvalue weighted by atomic mass is 32.2. The minimum absolute atomic E-state index is 0.0809. The van der Waals surface area contributed by atoms with Crippen molar-refractivity contribution < 1.29 is 41.9 Å². The second kappa shape index (κ2) is 15.2. The Bertz CT molecular complexity index is 1660. The minimum atomic E-state index is -3.67. The zero-order chi connectivity index (χ0) is 34.1. The van der Waals surface area contributed by atoms with Crippen LogP contribution in [0.15, 0.2) is 54.6 Å². The zero-order valence-corrected chi connectivity index (χ0v) is 26.5. The molecule has 0 aliphatic heterocycles. The van der Waals surface area contributed by atoms with Crippen LogP contribution < -0.4 is 21.1 Å². The van der Waals surface area contributed by atoms with E-state index in [0.717, 1.165) is 0 Å². The molecule has 3 rings (SSSR count). The number of carboxylic acids is 1. The van der Waals surface area contributed by atoms with Crippen LogP contribution in [-0.4, -0.2) is 79.8 Å². The van der Waals surface area contributed by atoms with Crippen molar-refractivity contribution in [3.63, 3.8) is 0 Å². The molecule has 0 saturated heterocycles. The summed E-state index contributed by atoms with van der Waals surface area (Å²) in [5, 5.41) is 23.2. The molecule has 242 valence electrons. The smallest absolute Gasteiger partial charge is 0.336 e. The number of nitrogens with one attached hydrogen (secondary N) is 3. The lowest BCUT2D eigenvalue weighted by molar-refractivity contribution is 0.0697. The number of nitrogen functional groups attached to an aromatic ring is 1. The maximum atomic E-state index is 13.3. The monoisotopic (exact) mass is 643 g/mol. The fourth-order valence-corrected chi connectivity index (χ4v) is 3.88. The Morgan fingerprint density at radius 2 is 1.53 bits per heavy atom. The topological polar surface area (TPSA) is 231 Å². The molecule has 14 nitrogen and oxygen atoms in total. The predicted molar refractivity (Wildman–Crippen MR) is 169 cm³/mol. The van der Waals surface area contributed by atoms with Gasteiger partial charge in [0.1, 0.15) is 11.5 Å². The summed E-state index contributed by atoms with van der Waals surface area (Å²) in [6, 6.07) is 13.3. The Morgan fingerprint density at radius 3 is 2.02 bits per heavy atom. The summed E-state index contributed by atoms with van der Waals surface area (Å²) in [6.45, 7) is 6.17. The van der Waals surface area contributed by atoms with Crippen molar-refractivity contribution in [1.29, 1.82) is 5.41 Å². The maximum Gasteiger partial charge on any atom is 0.336 e. The first-order chi connectivity index (χ1) is 20.8. The average Bonchev–Trinajstić information content (AvgIpc) is 2.95. The quantitative estimate of drug-likeness (QED) is 0.107. The van der Waals surface area contributed by atoms with Gasteiger partial charge in [0.25, 0.3) is 21.9 Å². The summed E-state index contributed by atoms with van der Waals surface area (Å²) in [5.74, 6) is -2.31. The van der Waals surface area contributed by atoms with Gasteiger partial charge in [0.2, 0.25) is 5.88 Å². The van der Waals surface area contributed by atoms with Crippen LogP contribution in [0.1, 0.15) is 57.5 Å². The van der Waals surface area contributed by atoms with E-state index in [4.69, 9.17) is 25.2 Å². The lowest BCUT2D eigenvalue weighted by Crippen LogP contribution is -2.46. The number of nitrogens with two attached hydrogens (primary N) is 1. The number of hydrogen-bond acceptors (Lipinski definition) is 9. The number of ether oxygens (including phenoxy) is 2. The highest BCUT2D eigenvalue weighted by molar-refractivity contribution is 7.85. The van der Waals surface area contributed by atoms with Gasteiger partial charge in [0, 0.05) is 35.6 Å². The molecule has 7 N–H and O–H groups in total. The highest BCUT2D eigenvalue weighted by Gasteiger charge is 2.28. The molecule has 2 aromatic carbocycles. The number of benzene rings is 2. The maximum absolute atomic E-state index is 13.3. The zero-order valence-electron chi connectivity index (χ0n) is 25.7. The number of pyridine rings is 1. The molecular weight excluding hydrogens is 606 g/mol. The number of nitrogens with zero attached hydrogens (tertiary/aromatic N) is 1. The van der Waals surface area contributed by atoms with Crippen LogP contribution >= 0.6 is 0 Å². The van der Waals surface area contributed by atoms with Crippen LogP contribution in [0.25, 0.3) is 11.1 Å². The molecule has 0 radical (unpaired) electrons. The van der Waals surface area contributed by atoms with Crippen LogP contribution in [0.2, 0.25) is 0 Å². The van der Waals surface area contributed by atoms with Crippen molar-refractivity contribution in [3.8, 4) is 17.0 Å². The van der Waals surface area contributed by atoms with E-state index in [9.17, 15) is 27.9 Å². The number of anilines is 1. The van der Waals surface area contributed by atoms with Crippen LogP contribution in [0, 0.1) is 10.8 Å². The average molecular weight is 644 g/mol. The summed E-state index contributed by atoms with van der Waals surface area (Å²) < 4.78 is 36.3. The molecule has 15 heteroatoms. The van der Waals surface area contributed by atoms with E-state index in [1.54, 1.807) is 31.4 Å². The number of amidine groups is 1. The first-order valence-electron chi connectivity index (χ1n) is 13.3. The van der Waals surface area contributed by atoms with E-state index in [1.807, 2.05) is 20.8 Å². The molecule has 0 spiro atoms. The number of amides is 2. The first kappa shape index (κ1) is 36.3. The Morgan fingerprint density at radius 1 is 0.978 bits per heavy atom. The van der Waals surface area contributed by atoms with E-state index in [-0.39, 0.29) is 57.7 Å². The minimum Gasteiger partial charge on any atom is -0.481 e. The molecule has 0 saturated carbocycles. The van der Waals surface area contributed by atoms with Gasteiger partial charge < -0.3 is 30.9 Å². The van der Waals surface area contributed by atoms with Crippen molar-refractivity contribution in [2.24, 2.45) is 11.1 Å². The molecule has 1 aromatic heterocycles. The van der Waals surface area contributed by atoms with Gasteiger partial charge in [-0.3, -0.25) is 19.6 Å². The van der Waals surface area contributed by atoms with Gasteiger partial charge in [-0.05, 0) is 53.4 Å². The third-order valence-electron chi connectivity index (χ3n) is 6.23. The largest absolute Gasteiger partial charge is 0.481 e. The molecule has 1 atom stereocenters. The molecule has 3 aromatic rings. The molecule has 1 unspecified atom stereocenters. The molecule has 0 fully saturated rings. The summed E-state index contributed by atoms with van der Waals surface area (Å²) in [4.78, 5) is 43.0. The Kier molecular flexibility index (Phi) is 12.3. The molecule has 1 heterocycles. The number of carbonyl (C=O) groups excluding carboxylic acids is 2. The number of carboxylic acid groups (broad SMARTS) is 1. The van der Waals surface area contributed by atoms with Crippen molar-refractivity contribution in [2.75, 3.05) is 32.4 Å². The lowest BCUT2D eigenvalue weighted by atomic mass is 9.87. The predicted octanol–water partition coefficient (Wildman–Crippen LogP) is 3.29. The number of aromatic carboxylic acids is 1. The molecule has 0 aliphatic carbocycles. The third-order valence-corrected chi connectivity index (χ3v) is 6.23. The lowest BCUT2D eigenvalue weighted by Gasteiger charge is -2.31. The van der Waals surface area contributed by atoms with E-state index in [2.05, 4.69) is 15.6 Å². The van der Waals surface area contributed by atoms with Gasteiger partial charge in [-0.2, -0.15) is 8.42 Å². The molecule has 0 bridgehead atoms. The molecule has 0 aliphatic rings. The van der Waals surface area contributed by atoms with Crippen LogP contribution in [0.3, 0.4) is 0 Å². The summed E-state index contributed by atoms with van der Waals surface area (Å²) in [5.41, 5.74) is 6.40. The number of rotatable bonds is 10. The van der Waals surface area contributed by atoms with Crippen LogP contribution in [-0.2, 0) is 14.9 Å². The van der Waals surface area contributed by atoms with Gasteiger partial charge in [0.05, 0.1) is 31.6 Å². The van der Waals surface area contributed by atoms with E-state index in [1.165, 1.54) is 37.4 Å². The van der Waals surface area contributed by atoms with E-state index < -0.39 is 27.9 Å². The summed E-state index contributed by atoms with van der Waals surface area (Å²) >= 11 is 0.